The van der Waals surface area contributed by atoms with E-state index in [4.69, 9.17) is 6.42 Å². The number of terminal acetylenes is 1. The molecular formula is C14H12OS. The second-order valence-corrected chi connectivity index (χ2v) is 4.54. The molecule has 0 saturated heterocycles. The number of rotatable bonds is 4. The summed E-state index contributed by atoms with van der Waals surface area (Å²) in [4.78, 5) is 11.9. The number of Topliss-reactive ketones (excluding diaryl/α,β-unsaturated/α-hetero) is 1. The van der Waals surface area contributed by atoms with Gasteiger partial charge in [0.1, 0.15) is 0 Å². The summed E-state index contributed by atoms with van der Waals surface area (Å²) >= 11 is 1.62. The van der Waals surface area contributed by atoms with Crippen molar-refractivity contribution in [2.45, 2.75) is 19.3 Å². The predicted molar refractivity (Wildman–Crippen MR) is 68.8 cm³/mol. The van der Waals surface area contributed by atoms with E-state index in [-0.39, 0.29) is 5.78 Å². The highest BCUT2D eigenvalue weighted by molar-refractivity contribution is 7.17. The van der Waals surface area contributed by atoms with Crippen molar-refractivity contribution in [3.05, 3.63) is 35.2 Å². The van der Waals surface area contributed by atoms with E-state index in [0.717, 1.165) is 17.4 Å². The fourth-order valence-corrected chi connectivity index (χ4v) is 2.64. The Morgan fingerprint density at radius 2 is 2.19 bits per heavy atom. The highest BCUT2D eigenvalue weighted by Gasteiger charge is 2.10. The third-order valence-electron chi connectivity index (χ3n) is 2.51. The second-order valence-electron chi connectivity index (χ2n) is 3.63. The summed E-state index contributed by atoms with van der Waals surface area (Å²) < 4.78 is 1.17. The van der Waals surface area contributed by atoms with Crippen LogP contribution in [0.4, 0.5) is 0 Å². The van der Waals surface area contributed by atoms with Crippen LogP contribution in [0.2, 0.25) is 0 Å². The molecule has 0 bridgehead atoms. The second kappa shape index (κ2) is 4.96. The van der Waals surface area contributed by atoms with E-state index in [0.29, 0.717) is 12.8 Å². The molecule has 0 saturated carbocycles. The predicted octanol–water partition coefficient (Wildman–Crippen LogP) is 3.89. The zero-order valence-electron chi connectivity index (χ0n) is 8.90. The minimum atomic E-state index is 0.202. The van der Waals surface area contributed by atoms with Gasteiger partial charge in [-0.3, -0.25) is 4.79 Å². The van der Waals surface area contributed by atoms with Crippen molar-refractivity contribution in [2.75, 3.05) is 0 Å². The Labute approximate surface area is 99.1 Å². The molecule has 1 aromatic heterocycles. The van der Waals surface area contributed by atoms with E-state index in [9.17, 15) is 4.79 Å². The van der Waals surface area contributed by atoms with Gasteiger partial charge < -0.3 is 0 Å². The first kappa shape index (κ1) is 10.9. The maximum absolute atomic E-state index is 11.9. The zero-order chi connectivity index (χ0) is 11.4. The van der Waals surface area contributed by atoms with Crippen molar-refractivity contribution < 1.29 is 4.79 Å². The van der Waals surface area contributed by atoms with Crippen LogP contribution < -0.4 is 0 Å². The standard InChI is InChI=1S/C14H12OS/c1-2-3-4-8-13(15)12-10-16-14-9-6-5-7-11(12)14/h1,5-7,9-10H,3-4,8H2. The maximum Gasteiger partial charge on any atom is 0.164 e. The van der Waals surface area contributed by atoms with Gasteiger partial charge in [0.15, 0.2) is 5.78 Å². The normalized spacial score (nSPS) is 10.2. The van der Waals surface area contributed by atoms with Crippen molar-refractivity contribution in [2.24, 2.45) is 0 Å². The summed E-state index contributed by atoms with van der Waals surface area (Å²) in [6.07, 6.45) is 7.16. The van der Waals surface area contributed by atoms with Crippen LogP contribution in [0.25, 0.3) is 10.1 Å². The molecule has 0 amide bonds. The van der Waals surface area contributed by atoms with Gasteiger partial charge in [0.25, 0.3) is 0 Å². The van der Waals surface area contributed by atoms with E-state index in [1.54, 1.807) is 11.3 Å². The van der Waals surface area contributed by atoms with Gasteiger partial charge in [0, 0.05) is 33.9 Å². The van der Waals surface area contributed by atoms with E-state index >= 15 is 0 Å². The number of carbonyl (C=O) groups is 1. The molecule has 2 heteroatoms. The largest absolute Gasteiger partial charge is 0.294 e. The lowest BCUT2D eigenvalue weighted by atomic mass is 10.0. The number of carbonyl (C=O) groups excluding carboxylic acids is 1. The number of ketones is 1. The molecule has 0 N–H and O–H groups in total. The van der Waals surface area contributed by atoms with Gasteiger partial charge in [-0.2, -0.15) is 0 Å². The van der Waals surface area contributed by atoms with Gasteiger partial charge in [0.05, 0.1) is 0 Å². The van der Waals surface area contributed by atoms with Gasteiger partial charge in [-0.05, 0) is 12.5 Å². The topological polar surface area (TPSA) is 17.1 Å². The fourth-order valence-electron chi connectivity index (χ4n) is 1.68. The highest BCUT2D eigenvalue weighted by atomic mass is 32.1. The van der Waals surface area contributed by atoms with E-state index < -0.39 is 0 Å². The Morgan fingerprint density at radius 1 is 1.38 bits per heavy atom. The third kappa shape index (κ3) is 2.15. The van der Waals surface area contributed by atoms with Crippen molar-refractivity contribution in [1.82, 2.24) is 0 Å². The lowest BCUT2D eigenvalue weighted by Crippen LogP contribution is -1.97. The van der Waals surface area contributed by atoms with Crippen molar-refractivity contribution in [3.8, 4) is 12.3 Å². The molecule has 1 nitrogen and oxygen atoms in total. The lowest BCUT2D eigenvalue weighted by Gasteiger charge is -1.97. The molecule has 0 fully saturated rings. The average Bonchev–Trinajstić information content (AvgIpc) is 2.73. The van der Waals surface area contributed by atoms with Gasteiger partial charge in [-0.15, -0.1) is 23.7 Å². The molecule has 2 aromatic rings. The molecule has 0 unspecified atom stereocenters. The van der Waals surface area contributed by atoms with Crippen LogP contribution in [0.3, 0.4) is 0 Å². The molecule has 80 valence electrons. The van der Waals surface area contributed by atoms with Gasteiger partial charge in [0.2, 0.25) is 0 Å². The van der Waals surface area contributed by atoms with Crippen LogP contribution >= 0.6 is 11.3 Å². The van der Waals surface area contributed by atoms with Crippen LogP contribution in [0, 0.1) is 12.3 Å². The molecule has 1 heterocycles. The molecule has 0 aliphatic heterocycles. The molecular weight excluding hydrogens is 216 g/mol. The smallest absolute Gasteiger partial charge is 0.164 e. The number of fused-ring (bicyclic) bond motifs is 1. The Hall–Kier alpha value is -1.59. The quantitative estimate of drug-likeness (QED) is 0.441. The molecule has 0 spiro atoms. The molecule has 1 aromatic carbocycles. The summed E-state index contributed by atoms with van der Waals surface area (Å²) in [6, 6.07) is 8.00. The monoisotopic (exact) mass is 228 g/mol. The lowest BCUT2D eigenvalue weighted by molar-refractivity contribution is 0.0982. The maximum atomic E-state index is 11.9. The summed E-state index contributed by atoms with van der Waals surface area (Å²) in [5.74, 6) is 2.76. The van der Waals surface area contributed by atoms with Gasteiger partial charge in [-0.1, -0.05) is 18.2 Å². The summed E-state index contributed by atoms with van der Waals surface area (Å²) in [7, 11) is 0. The van der Waals surface area contributed by atoms with Crippen LogP contribution in [-0.2, 0) is 0 Å². The summed E-state index contributed by atoms with van der Waals surface area (Å²) in [5, 5.41) is 3.02. The summed E-state index contributed by atoms with van der Waals surface area (Å²) in [5.41, 5.74) is 0.845. The van der Waals surface area contributed by atoms with E-state index in [1.807, 2.05) is 29.6 Å². The number of unbranched alkanes of at least 4 members (excludes halogenated alkanes) is 1. The highest BCUT2D eigenvalue weighted by Crippen LogP contribution is 2.26. The molecule has 0 aliphatic rings. The first-order valence-corrected chi connectivity index (χ1v) is 6.14. The Kier molecular flexibility index (Phi) is 3.38. The number of hydrogen-bond donors (Lipinski definition) is 0. The van der Waals surface area contributed by atoms with Crippen LogP contribution in [0.1, 0.15) is 29.6 Å². The number of thiophene rings is 1. The van der Waals surface area contributed by atoms with Crippen molar-refractivity contribution in [1.29, 1.82) is 0 Å². The first-order valence-electron chi connectivity index (χ1n) is 5.26. The molecule has 2 rings (SSSR count). The zero-order valence-corrected chi connectivity index (χ0v) is 9.72. The van der Waals surface area contributed by atoms with Crippen LogP contribution in [-0.4, -0.2) is 5.78 Å². The molecule has 0 aliphatic carbocycles. The third-order valence-corrected chi connectivity index (χ3v) is 3.47. The minimum absolute atomic E-state index is 0.202. The van der Waals surface area contributed by atoms with Crippen LogP contribution in [0.5, 0.6) is 0 Å². The molecule has 0 radical (unpaired) electrons. The number of benzene rings is 1. The summed E-state index contributed by atoms with van der Waals surface area (Å²) in [6.45, 7) is 0. The van der Waals surface area contributed by atoms with E-state index in [1.165, 1.54) is 4.70 Å². The number of hydrogen-bond acceptors (Lipinski definition) is 2. The first-order chi connectivity index (χ1) is 7.83. The molecule has 0 atom stereocenters. The van der Waals surface area contributed by atoms with Gasteiger partial charge in [-0.25, -0.2) is 0 Å². The average molecular weight is 228 g/mol. The van der Waals surface area contributed by atoms with Gasteiger partial charge >= 0.3 is 0 Å². The SMILES string of the molecule is C#CCCCC(=O)c1csc2ccccc12. The Balaban J connectivity index is 2.20. The minimum Gasteiger partial charge on any atom is -0.294 e. The van der Waals surface area contributed by atoms with Crippen LogP contribution in [0.15, 0.2) is 29.6 Å². The fraction of sp³-hybridized carbons (Fsp3) is 0.214. The Bertz CT molecular complexity index is 545. The molecule has 16 heavy (non-hydrogen) atoms. The Morgan fingerprint density at radius 3 is 3.00 bits per heavy atom. The van der Waals surface area contributed by atoms with E-state index in [2.05, 4.69) is 5.92 Å². The van der Waals surface area contributed by atoms with Crippen molar-refractivity contribution >= 4 is 27.2 Å². The van der Waals surface area contributed by atoms with Crippen molar-refractivity contribution in [3.63, 3.8) is 0 Å².